The Bertz CT molecular complexity index is 449. The summed E-state index contributed by atoms with van der Waals surface area (Å²) in [7, 11) is 0. The lowest BCUT2D eigenvalue weighted by Gasteiger charge is -2.34. The molecule has 1 aromatic heterocycles. The van der Waals surface area contributed by atoms with Gasteiger partial charge in [0.05, 0.1) is 6.54 Å². The number of rotatable bonds is 2. The lowest BCUT2D eigenvalue weighted by Crippen LogP contribution is -2.51. The van der Waals surface area contributed by atoms with Crippen LogP contribution in [0.4, 0.5) is 18.9 Å². The Kier molecular flexibility index (Phi) is 3.70. The van der Waals surface area contributed by atoms with Crippen molar-refractivity contribution in [2.45, 2.75) is 6.18 Å². The number of nitrogens with two attached hydrogens (primary N) is 1. The maximum absolute atomic E-state index is 12.2. The first kappa shape index (κ1) is 13.7. The number of carbonyl (C=O) groups excluding carboxylic acids is 1. The predicted molar refractivity (Wildman–Crippen MR) is 63.6 cm³/mol. The number of amides is 1. The van der Waals surface area contributed by atoms with Crippen molar-refractivity contribution in [2.75, 3.05) is 38.5 Å². The predicted octanol–water partition coefficient (Wildman–Crippen LogP) is 0.917. The summed E-state index contributed by atoms with van der Waals surface area (Å²) in [6, 6.07) is 1.52. The lowest BCUT2D eigenvalue weighted by molar-refractivity contribution is -0.148. The molecule has 0 aromatic carbocycles. The maximum Gasteiger partial charge on any atom is 0.401 e. The zero-order chi connectivity index (χ0) is 14.0. The summed E-state index contributed by atoms with van der Waals surface area (Å²) in [5.74, 6) is -0.233. The zero-order valence-electron chi connectivity index (χ0n) is 10.2. The minimum atomic E-state index is -4.19. The molecule has 0 saturated carbocycles. The van der Waals surface area contributed by atoms with Gasteiger partial charge in [0, 0.05) is 38.1 Å². The molecule has 0 aliphatic carbocycles. The molecule has 2 heterocycles. The molecule has 0 atom stereocenters. The van der Waals surface area contributed by atoms with Crippen LogP contribution in [0, 0.1) is 0 Å². The van der Waals surface area contributed by atoms with Gasteiger partial charge in [-0.1, -0.05) is 0 Å². The van der Waals surface area contributed by atoms with Crippen LogP contribution in [-0.4, -0.2) is 59.6 Å². The van der Waals surface area contributed by atoms with Crippen LogP contribution in [0.5, 0.6) is 0 Å². The van der Waals surface area contributed by atoms with Crippen LogP contribution in [0.1, 0.15) is 10.5 Å². The van der Waals surface area contributed by atoms with E-state index in [1.807, 2.05) is 0 Å². The number of nitrogens with one attached hydrogen (secondary N) is 1. The minimum Gasteiger partial charge on any atom is -0.397 e. The average molecular weight is 276 g/mol. The van der Waals surface area contributed by atoms with Gasteiger partial charge in [-0.2, -0.15) is 13.2 Å². The number of alkyl halides is 3. The number of hydrogen-bond acceptors (Lipinski definition) is 3. The first-order valence-corrected chi connectivity index (χ1v) is 5.87. The maximum atomic E-state index is 12.2. The van der Waals surface area contributed by atoms with Gasteiger partial charge >= 0.3 is 6.18 Å². The third kappa shape index (κ3) is 3.63. The number of aromatic nitrogens is 1. The van der Waals surface area contributed by atoms with Crippen LogP contribution >= 0.6 is 0 Å². The van der Waals surface area contributed by atoms with Gasteiger partial charge in [-0.25, -0.2) is 0 Å². The smallest absolute Gasteiger partial charge is 0.397 e. The normalized spacial score (nSPS) is 17.7. The number of hydrogen-bond donors (Lipinski definition) is 2. The first-order chi connectivity index (χ1) is 8.85. The van der Waals surface area contributed by atoms with Crippen LogP contribution in [-0.2, 0) is 0 Å². The Balaban J connectivity index is 1.88. The van der Waals surface area contributed by atoms with Gasteiger partial charge < -0.3 is 15.6 Å². The van der Waals surface area contributed by atoms with Crippen LogP contribution in [0.15, 0.2) is 12.3 Å². The molecule has 1 aliphatic rings. The molecule has 0 radical (unpaired) electrons. The summed E-state index contributed by atoms with van der Waals surface area (Å²) in [5, 5.41) is 0. The van der Waals surface area contributed by atoms with E-state index >= 15 is 0 Å². The standard InChI is InChI=1S/C11H15F3N4O/c12-11(13,14)7-17-1-3-18(4-2-17)10(19)9-5-8(15)6-16-9/h5-6,16H,1-4,7,15H2. The summed E-state index contributed by atoms with van der Waals surface area (Å²) < 4.78 is 36.7. The van der Waals surface area contributed by atoms with E-state index < -0.39 is 12.7 Å². The van der Waals surface area contributed by atoms with Crippen molar-refractivity contribution in [3.05, 3.63) is 18.0 Å². The van der Waals surface area contributed by atoms with Gasteiger partial charge in [-0.15, -0.1) is 0 Å². The number of carbonyl (C=O) groups is 1. The second-order valence-electron chi connectivity index (χ2n) is 4.53. The second kappa shape index (κ2) is 5.12. The number of aromatic amines is 1. The van der Waals surface area contributed by atoms with Crippen LogP contribution in [0.25, 0.3) is 0 Å². The van der Waals surface area contributed by atoms with Gasteiger partial charge in [0.1, 0.15) is 5.69 Å². The second-order valence-corrected chi connectivity index (χ2v) is 4.53. The fourth-order valence-electron chi connectivity index (χ4n) is 2.07. The molecule has 1 saturated heterocycles. The number of halogens is 3. The van der Waals surface area contributed by atoms with Gasteiger partial charge in [0.2, 0.25) is 0 Å². The minimum absolute atomic E-state index is 0.224. The molecule has 19 heavy (non-hydrogen) atoms. The SMILES string of the molecule is Nc1c[nH]c(C(=O)N2CCN(CC(F)(F)F)CC2)c1. The molecule has 3 N–H and O–H groups in total. The van der Waals surface area contributed by atoms with E-state index in [-0.39, 0.29) is 32.1 Å². The molecule has 1 amide bonds. The fraction of sp³-hybridized carbons (Fsp3) is 0.545. The van der Waals surface area contributed by atoms with Crippen molar-refractivity contribution < 1.29 is 18.0 Å². The van der Waals surface area contributed by atoms with Crippen molar-refractivity contribution in [1.82, 2.24) is 14.8 Å². The highest BCUT2D eigenvalue weighted by Crippen LogP contribution is 2.18. The molecular formula is C11H15F3N4O. The molecule has 0 spiro atoms. The highest BCUT2D eigenvalue weighted by atomic mass is 19.4. The molecule has 8 heteroatoms. The summed E-state index contributed by atoms with van der Waals surface area (Å²) >= 11 is 0. The molecule has 106 valence electrons. The summed E-state index contributed by atoms with van der Waals surface area (Å²) in [6.07, 6.45) is -2.69. The number of piperazine rings is 1. The molecule has 1 aliphatic heterocycles. The van der Waals surface area contributed by atoms with E-state index in [0.717, 1.165) is 0 Å². The van der Waals surface area contributed by atoms with Crippen molar-refractivity contribution >= 4 is 11.6 Å². The Hall–Kier alpha value is -1.70. The largest absolute Gasteiger partial charge is 0.401 e. The highest BCUT2D eigenvalue weighted by molar-refractivity contribution is 5.93. The Morgan fingerprint density at radius 2 is 1.95 bits per heavy atom. The number of anilines is 1. The van der Waals surface area contributed by atoms with Crippen molar-refractivity contribution in [2.24, 2.45) is 0 Å². The quantitative estimate of drug-likeness (QED) is 0.844. The van der Waals surface area contributed by atoms with E-state index in [1.165, 1.54) is 22.1 Å². The Labute approximate surface area is 108 Å². The molecule has 2 rings (SSSR count). The lowest BCUT2D eigenvalue weighted by atomic mass is 10.2. The third-order valence-electron chi connectivity index (χ3n) is 3.00. The molecule has 0 unspecified atom stereocenters. The molecule has 1 aromatic rings. The summed E-state index contributed by atoms with van der Waals surface area (Å²) in [4.78, 5) is 17.6. The first-order valence-electron chi connectivity index (χ1n) is 5.87. The molecule has 0 bridgehead atoms. The van der Waals surface area contributed by atoms with Crippen LogP contribution < -0.4 is 5.73 Å². The third-order valence-corrected chi connectivity index (χ3v) is 3.00. The van der Waals surface area contributed by atoms with Gasteiger partial charge in [-0.3, -0.25) is 9.69 Å². The van der Waals surface area contributed by atoms with Crippen molar-refractivity contribution in [3.8, 4) is 0 Å². The van der Waals surface area contributed by atoms with Crippen LogP contribution in [0.2, 0.25) is 0 Å². The van der Waals surface area contributed by atoms with E-state index in [9.17, 15) is 18.0 Å². The van der Waals surface area contributed by atoms with Crippen molar-refractivity contribution in [1.29, 1.82) is 0 Å². The highest BCUT2D eigenvalue weighted by Gasteiger charge is 2.33. The Morgan fingerprint density at radius 3 is 2.42 bits per heavy atom. The zero-order valence-corrected chi connectivity index (χ0v) is 10.2. The van der Waals surface area contributed by atoms with E-state index in [2.05, 4.69) is 4.98 Å². The number of nitrogens with zero attached hydrogens (tertiary/aromatic N) is 2. The summed E-state index contributed by atoms with van der Waals surface area (Å²) in [5.41, 5.74) is 6.32. The topological polar surface area (TPSA) is 65.4 Å². The van der Waals surface area contributed by atoms with Gasteiger partial charge in [0.25, 0.3) is 5.91 Å². The van der Waals surface area contributed by atoms with Crippen molar-refractivity contribution in [3.63, 3.8) is 0 Å². The molecule has 5 nitrogen and oxygen atoms in total. The molecular weight excluding hydrogens is 261 g/mol. The van der Waals surface area contributed by atoms with E-state index in [4.69, 9.17) is 5.73 Å². The van der Waals surface area contributed by atoms with Gasteiger partial charge in [0.15, 0.2) is 0 Å². The molecule has 1 fully saturated rings. The van der Waals surface area contributed by atoms with E-state index in [0.29, 0.717) is 11.4 Å². The Morgan fingerprint density at radius 1 is 1.32 bits per heavy atom. The monoisotopic (exact) mass is 276 g/mol. The number of nitrogen functional groups attached to an aromatic ring is 1. The summed E-state index contributed by atoms with van der Waals surface area (Å²) in [6.45, 7) is 0.0923. The fourth-order valence-corrected chi connectivity index (χ4v) is 2.07. The average Bonchev–Trinajstić information content (AvgIpc) is 2.74. The van der Waals surface area contributed by atoms with Gasteiger partial charge in [-0.05, 0) is 6.07 Å². The number of H-pyrrole nitrogens is 1. The van der Waals surface area contributed by atoms with Crippen LogP contribution in [0.3, 0.4) is 0 Å². The van der Waals surface area contributed by atoms with E-state index in [1.54, 1.807) is 0 Å².